The zero-order chi connectivity index (χ0) is 14.8. The van der Waals surface area contributed by atoms with E-state index in [1.54, 1.807) is 20.3 Å². The maximum Gasteiger partial charge on any atom is 0.231 e. The summed E-state index contributed by atoms with van der Waals surface area (Å²) < 4.78 is 10.6. The Labute approximate surface area is 119 Å². The highest BCUT2D eigenvalue weighted by molar-refractivity contribution is 5.97. The van der Waals surface area contributed by atoms with Crippen molar-refractivity contribution in [3.05, 3.63) is 18.2 Å². The van der Waals surface area contributed by atoms with Gasteiger partial charge < -0.3 is 19.7 Å². The van der Waals surface area contributed by atoms with Gasteiger partial charge in [-0.1, -0.05) is 6.07 Å². The normalized spacial score (nSPS) is 22.6. The first kappa shape index (κ1) is 14.7. The molecule has 0 spiro atoms. The zero-order valence-electron chi connectivity index (χ0n) is 12.5. The fraction of sp³-hybridized carbons (Fsp3) is 0.533. The third kappa shape index (κ3) is 2.72. The van der Waals surface area contributed by atoms with Crippen molar-refractivity contribution < 1.29 is 14.3 Å². The van der Waals surface area contributed by atoms with Crippen LogP contribution < -0.4 is 14.8 Å². The Balaban J connectivity index is 2.20. The summed E-state index contributed by atoms with van der Waals surface area (Å²) in [4.78, 5) is 14.7. The highest BCUT2D eigenvalue weighted by Crippen LogP contribution is 2.37. The summed E-state index contributed by atoms with van der Waals surface area (Å²) in [6.07, 6.45) is 0.863. The van der Waals surface area contributed by atoms with Crippen molar-refractivity contribution in [3.8, 4) is 11.5 Å². The van der Waals surface area contributed by atoms with Crippen molar-refractivity contribution in [1.82, 2.24) is 4.90 Å². The smallest absolute Gasteiger partial charge is 0.231 e. The van der Waals surface area contributed by atoms with Gasteiger partial charge in [0.1, 0.15) is 0 Å². The SMILES string of the molecule is COc1cccc(NC(=O)C2(C)CCN(C)C2)c1OC. The number of carbonyl (C=O) groups is 1. The van der Waals surface area contributed by atoms with Gasteiger partial charge in [0.2, 0.25) is 5.91 Å². The van der Waals surface area contributed by atoms with E-state index in [-0.39, 0.29) is 11.3 Å². The van der Waals surface area contributed by atoms with Gasteiger partial charge in [0.25, 0.3) is 0 Å². The van der Waals surface area contributed by atoms with Gasteiger partial charge in [-0.3, -0.25) is 4.79 Å². The average molecular weight is 278 g/mol. The fourth-order valence-corrected chi connectivity index (χ4v) is 2.64. The molecule has 1 fully saturated rings. The van der Waals surface area contributed by atoms with Crippen LogP contribution in [0.25, 0.3) is 0 Å². The van der Waals surface area contributed by atoms with E-state index in [0.29, 0.717) is 17.2 Å². The molecule has 0 radical (unpaired) electrons. The van der Waals surface area contributed by atoms with Gasteiger partial charge >= 0.3 is 0 Å². The number of hydrogen-bond donors (Lipinski definition) is 1. The summed E-state index contributed by atoms with van der Waals surface area (Å²) in [5.74, 6) is 1.19. The fourth-order valence-electron chi connectivity index (χ4n) is 2.64. The molecule has 1 atom stereocenters. The van der Waals surface area contributed by atoms with Crippen LogP contribution in [0.4, 0.5) is 5.69 Å². The minimum absolute atomic E-state index is 0.0217. The van der Waals surface area contributed by atoms with Crippen LogP contribution in [-0.2, 0) is 4.79 Å². The highest BCUT2D eigenvalue weighted by atomic mass is 16.5. The summed E-state index contributed by atoms with van der Waals surface area (Å²) in [7, 11) is 5.18. The molecule has 2 rings (SSSR count). The molecule has 1 heterocycles. The van der Waals surface area contributed by atoms with Crippen molar-refractivity contribution >= 4 is 11.6 Å². The van der Waals surface area contributed by atoms with Crippen LogP contribution in [0.2, 0.25) is 0 Å². The minimum Gasteiger partial charge on any atom is -0.493 e. The first-order valence-corrected chi connectivity index (χ1v) is 6.71. The molecule has 1 unspecified atom stereocenters. The lowest BCUT2D eigenvalue weighted by molar-refractivity contribution is -0.124. The Bertz CT molecular complexity index is 504. The number of likely N-dealkylation sites (tertiary alicyclic amines) is 1. The lowest BCUT2D eigenvalue weighted by Gasteiger charge is -2.23. The standard InChI is InChI=1S/C15H22N2O3/c1-15(8-9-17(2)10-15)14(18)16-11-6-5-7-12(19-3)13(11)20-4/h5-7H,8-10H2,1-4H3,(H,16,18). The molecule has 1 aromatic carbocycles. The number of para-hydroxylation sites is 1. The van der Waals surface area contributed by atoms with Gasteiger partial charge in [-0.15, -0.1) is 0 Å². The van der Waals surface area contributed by atoms with Crippen LogP contribution in [0.1, 0.15) is 13.3 Å². The molecule has 0 aliphatic carbocycles. The summed E-state index contributed by atoms with van der Waals surface area (Å²) >= 11 is 0. The summed E-state index contributed by atoms with van der Waals surface area (Å²) in [5, 5.41) is 2.97. The average Bonchev–Trinajstić information content (AvgIpc) is 2.79. The molecule has 0 saturated carbocycles. The number of carbonyl (C=O) groups excluding carboxylic acids is 1. The number of methoxy groups -OCH3 is 2. The van der Waals surface area contributed by atoms with Crippen LogP contribution in [0.3, 0.4) is 0 Å². The molecular formula is C15H22N2O3. The number of rotatable bonds is 4. The predicted molar refractivity (Wildman–Crippen MR) is 78.4 cm³/mol. The van der Waals surface area contributed by atoms with Crippen LogP contribution >= 0.6 is 0 Å². The Morgan fingerprint density at radius 2 is 2.10 bits per heavy atom. The van der Waals surface area contributed by atoms with Gasteiger partial charge in [-0.05, 0) is 39.1 Å². The first-order chi connectivity index (χ1) is 9.50. The third-order valence-electron chi connectivity index (χ3n) is 3.86. The van der Waals surface area contributed by atoms with Crippen LogP contribution in [0, 0.1) is 5.41 Å². The second kappa shape index (κ2) is 5.71. The molecule has 5 heteroatoms. The number of hydrogen-bond acceptors (Lipinski definition) is 4. The van der Waals surface area contributed by atoms with Crippen molar-refractivity contribution in [2.24, 2.45) is 5.41 Å². The number of anilines is 1. The van der Waals surface area contributed by atoms with Crippen molar-refractivity contribution in [2.75, 3.05) is 39.7 Å². The second-order valence-electron chi connectivity index (χ2n) is 5.54. The molecule has 1 N–H and O–H groups in total. The molecule has 1 saturated heterocycles. The van der Waals surface area contributed by atoms with Crippen LogP contribution in [0.5, 0.6) is 11.5 Å². The predicted octanol–water partition coefficient (Wildman–Crippen LogP) is 1.98. The molecule has 20 heavy (non-hydrogen) atoms. The van der Waals surface area contributed by atoms with E-state index >= 15 is 0 Å². The molecule has 5 nitrogen and oxygen atoms in total. The van der Waals surface area contributed by atoms with Gasteiger partial charge in [-0.2, -0.15) is 0 Å². The third-order valence-corrected chi connectivity index (χ3v) is 3.86. The van der Waals surface area contributed by atoms with Gasteiger partial charge in [-0.25, -0.2) is 0 Å². The monoisotopic (exact) mass is 278 g/mol. The molecule has 110 valence electrons. The molecular weight excluding hydrogens is 256 g/mol. The summed E-state index contributed by atoms with van der Waals surface area (Å²) in [6.45, 7) is 3.71. The molecule has 1 amide bonds. The van der Waals surface area contributed by atoms with Gasteiger partial charge in [0.05, 0.1) is 25.3 Å². The number of amides is 1. The molecule has 1 aliphatic heterocycles. The molecule has 1 aromatic rings. The zero-order valence-corrected chi connectivity index (χ0v) is 12.5. The van der Waals surface area contributed by atoms with E-state index in [4.69, 9.17) is 9.47 Å². The summed E-state index contributed by atoms with van der Waals surface area (Å²) in [5.41, 5.74) is 0.288. The minimum atomic E-state index is -0.358. The number of nitrogens with zero attached hydrogens (tertiary/aromatic N) is 1. The van der Waals surface area contributed by atoms with Crippen molar-refractivity contribution in [1.29, 1.82) is 0 Å². The number of benzene rings is 1. The Kier molecular flexibility index (Phi) is 4.18. The van der Waals surface area contributed by atoms with E-state index < -0.39 is 0 Å². The van der Waals surface area contributed by atoms with E-state index in [2.05, 4.69) is 10.2 Å². The lowest BCUT2D eigenvalue weighted by Crippen LogP contribution is -2.35. The van der Waals surface area contributed by atoms with Gasteiger partial charge in [0, 0.05) is 6.54 Å². The summed E-state index contributed by atoms with van der Waals surface area (Å²) in [6, 6.07) is 5.46. The van der Waals surface area contributed by atoms with Crippen LogP contribution in [-0.4, -0.2) is 45.2 Å². The maximum atomic E-state index is 12.5. The second-order valence-corrected chi connectivity index (χ2v) is 5.54. The van der Waals surface area contributed by atoms with E-state index in [1.807, 2.05) is 26.1 Å². The van der Waals surface area contributed by atoms with Crippen LogP contribution in [0.15, 0.2) is 18.2 Å². The lowest BCUT2D eigenvalue weighted by atomic mass is 9.88. The van der Waals surface area contributed by atoms with E-state index in [9.17, 15) is 4.79 Å². The van der Waals surface area contributed by atoms with Crippen molar-refractivity contribution in [2.45, 2.75) is 13.3 Å². The van der Waals surface area contributed by atoms with Gasteiger partial charge in [0.15, 0.2) is 11.5 Å². The Morgan fingerprint density at radius 3 is 2.65 bits per heavy atom. The van der Waals surface area contributed by atoms with E-state index in [0.717, 1.165) is 19.5 Å². The van der Waals surface area contributed by atoms with Crippen molar-refractivity contribution in [3.63, 3.8) is 0 Å². The number of ether oxygens (including phenoxy) is 2. The Hall–Kier alpha value is -1.75. The molecule has 0 aromatic heterocycles. The Morgan fingerprint density at radius 1 is 1.35 bits per heavy atom. The largest absolute Gasteiger partial charge is 0.493 e. The number of nitrogens with one attached hydrogen (secondary N) is 1. The quantitative estimate of drug-likeness (QED) is 0.915. The maximum absolute atomic E-state index is 12.5. The first-order valence-electron chi connectivity index (χ1n) is 6.71. The molecule has 0 bridgehead atoms. The molecule has 1 aliphatic rings. The highest BCUT2D eigenvalue weighted by Gasteiger charge is 2.39. The topological polar surface area (TPSA) is 50.8 Å². The van der Waals surface area contributed by atoms with E-state index in [1.165, 1.54) is 0 Å².